The average molecular weight is 338 g/mol. The van der Waals surface area contributed by atoms with Gasteiger partial charge in [-0.25, -0.2) is 0 Å². The number of carbonyl (C=O) groups excluding carboxylic acids is 1. The molecule has 2 aromatic rings. The van der Waals surface area contributed by atoms with Gasteiger partial charge < -0.3 is 15.1 Å². The second-order valence-corrected chi connectivity index (χ2v) is 6.21. The zero-order valence-electron chi connectivity index (χ0n) is 14.4. The Hall–Kier alpha value is -2.84. The molecule has 5 heteroatoms. The monoisotopic (exact) mass is 338 g/mol. The number of aliphatic hydroxyl groups excluding tert-OH is 1. The van der Waals surface area contributed by atoms with E-state index >= 15 is 0 Å². The van der Waals surface area contributed by atoms with Gasteiger partial charge in [-0.3, -0.25) is 4.79 Å². The predicted molar refractivity (Wildman–Crippen MR) is 96.2 cm³/mol. The van der Waals surface area contributed by atoms with Gasteiger partial charge >= 0.3 is 0 Å². The van der Waals surface area contributed by atoms with Crippen molar-refractivity contribution in [3.8, 4) is 11.8 Å². The number of nitrogens with zero attached hydrogens (tertiary/aromatic N) is 2. The highest BCUT2D eigenvalue weighted by molar-refractivity contribution is 5.95. The number of benzene rings is 2. The molecule has 0 saturated carbocycles. The standard InChI is InChI=1S/C20H22N2O3/c1-14(2)22(18-7-9-19(24)10-8-18)20(25)17(13-23)11-15-3-5-16(12-21)6-4-15/h3-10,14,17,23-24H,11,13H2,1-2H3. The van der Waals surface area contributed by atoms with Crippen LogP contribution in [0.4, 0.5) is 5.69 Å². The molecule has 0 fully saturated rings. The van der Waals surface area contributed by atoms with E-state index in [-0.39, 0.29) is 24.3 Å². The molecule has 0 aliphatic carbocycles. The average Bonchev–Trinajstić information content (AvgIpc) is 2.61. The van der Waals surface area contributed by atoms with Crippen molar-refractivity contribution in [3.63, 3.8) is 0 Å². The molecule has 0 heterocycles. The summed E-state index contributed by atoms with van der Waals surface area (Å²) in [5, 5.41) is 28.0. The largest absolute Gasteiger partial charge is 0.508 e. The van der Waals surface area contributed by atoms with Crippen molar-refractivity contribution in [2.75, 3.05) is 11.5 Å². The summed E-state index contributed by atoms with van der Waals surface area (Å²) in [4.78, 5) is 14.6. The van der Waals surface area contributed by atoms with Crippen LogP contribution in [0.25, 0.3) is 0 Å². The van der Waals surface area contributed by atoms with E-state index in [1.165, 1.54) is 12.1 Å². The molecular formula is C20H22N2O3. The minimum Gasteiger partial charge on any atom is -0.508 e. The van der Waals surface area contributed by atoms with Gasteiger partial charge in [0.25, 0.3) is 0 Å². The second-order valence-electron chi connectivity index (χ2n) is 6.21. The molecule has 1 unspecified atom stereocenters. The van der Waals surface area contributed by atoms with E-state index in [1.807, 2.05) is 13.8 Å². The highest BCUT2D eigenvalue weighted by atomic mass is 16.3. The van der Waals surface area contributed by atoms with Crippen LogP contribution in [0.2, 0.25) is 0 Å². The van der Waals surface area contributed by atoms with E-state index in [0.29, 0.717) is 17.7 Å². The van der Waals surface area contributed by atoms with Crippen LogP contribution in [0.15, 0.2) is 48.5 Å². The number of aromatic hydroxyl groups is 1. The van der Waals surface area contributed by atoms with Gasteiger partial charge in [0.05, 0.1) is 24.2 Å². The molecule has 0 aromatic heterocycles. The first-order chi connectivity index (χ1) is 12.0. The van der Waals surface area contributed by atoms with E-state index in [9.17, 15) is 15.0 Å². The van der Waals surface area contributed by atoms with Crippen LogP contribution in [-0.4, -0.2) is 28.8 Å². The number of phenols is 1. The molecule has 0 spiro atoms. The number of aliphatic hydroxyl groups is 1. The van der Waals surface area contributed by atoms with Crippen LogP contribution in [0.1, 0.15) is 25.0 Å². The maximum absolute atomic E-state index is 13.0. The molecule has 130 valence electrons. The maximum Gasteiger partial charge on any atom is 0.232 e. The number of hydrogen-bond acceptors (Lipinski definition) is 4. The molecule has 2 N–H and O–H groups in total. The Balaban J connectivity index is 2.22. The molecule has 2 aromatic carbocycles. The van der Waals surface area contributed by atoms with Crippen molar-refractivity contribution in [1.29, 1.82) is 5.26 Å². The Kier molecular flexibility index (Phi) is 6.15. The lowest BCUT2D eigenvalue weighted by Gasteiger charge is -2.30. The van der Waals surface area contributed by atoms with Gasteiger partial charge in [0.15, 0.2) is 0 Å². The van der Waals surface area contributed by atoms with Crippen molar-refractivity contribution in [1.82, 2.24) is 0 Å². The summed E-state index contributed by atoms with van der Waals surface area (Å²) >= 11 is 0. The Morgan fingerprint density at radius 1 is 1.12 bits per heavy atom. The Morgan fingerprint density at radius 2 is 1.72 bits per heavy atom. The van der Waals surface area contributed by atoms with E-state index in [0.717, 1.165) is 5.56 Å². The lowest BCUT2D eigenvalue weighted by Crippen LogP contribution is -2.43. The highest BCUT2D eigenvalue weighted by Crippen LogP contribution is 2.24. The molecular weight excluding hydrogens is 316 g/mol. The molecule has 0 aliphatic rings. The number of nitriles is 1. The summed E-state index contributed by atoms with van der Waals surface area (Å²) in [6, 6.07) is 15.4. The molecule has 2 rings (SSSR count). The summed E-state index contributed by atoms with van der Waals surface area (Å²) in [6.07, 6.45) is 0.391. The summed E-state index contributed by atoms with van der Waals surface area (Å²) in [5.41, 5.74) is 2.13. The normalized spacial score (nSPS) is 11.8. The predicted octanol–water partition coefficient (Wildman–Crippen LogP) is 2.86. The van der Waals surface area contributed by atoms with Gasteiger partial charge in [0.1, 0.15) is 5.75 Å². The van der Waals surface area contributed by atoms with E-state index in [2.05, 4.69) is 6.07 Å². The minimum absolute atomic E-state index is 0.0907. The van der Waals surface area contributed by atoms with Crippen LogP contribution < -0.4 is 4.90 Å². The maximum atomic E-state index is 13.0. The van der Waals surface area contributed by atoms with Gasteiger partial charge in [-0.15, -0.1) is 0 Å². The summed E-state index contributed by atoms with van der Waals surface area (Å²) in [7, 11) is 0. The second kappa shape index (κ2) is 8.32. The molecule has 0 aliphatic heterocycles. The van der Waals surface area contributed by atoms with E-state index < -0.39 is 5.92 Å². The molecule has 1 amide bonds. The Bertz CT molecular complexity index is 746. The third-order valence-electron chi connectivity index (χ3n) is 4.02. The zero-order valence-corrected chi connectivity index (χ0v) is 14.4. The van der Waals surface area contributed by atoms with E-state index in [1.54, 1.807) is 41.3 Å². The SMILES string of the molecule is CC(C)N(C(=O)C(CO)Cc1ccc(C#N)cc1)c1ccc(O)cc1. The lowest BCUT2D eigenvalue weighted by atomic mass is 9.97. The van der Waals surface area contributed by atoms with Crippen molar-refractivity contribution in [2.24, 2.45) is 5.92 Å². The van der Waals surface area contributed by atoms with Crippen LogP contribution in [0.5, 0.6) is 5.75 Å². The van der Waals surface area contributed by atoms with Gasteiger partial charge in [-0.2, -0.15) is 5.26 Å². The van der Waals surface area contributed by atoms with E-state index in [4.69, 9.17) is 5.26 Å². The van der Waals surface area contributed by atoms with Gasteiger partial charge in [0.2, 0.25) is 5.91 Å². The summed E-state index contributed by atoms with van der Waals surface area (Å²) in [6.45, 7) is 3.54. The summed E-state index contributed by atoms with van der Waals surface area (Å²) in [5.74, 6) is -0.618. The van der Waals surface area contributed by atoms with Crippen molar-refractivity contribution in [3.05, 3.63) is 59.7 Å². The third-order valence-corrected chi connectivity index (χ3v) is 4.02. The number of phenolic OH excluding ortho intramolecular Hbond substituents is 1. The van der Waals surface area contributed by atoms with Crippen molar-refractivity contribution < 1.29 is 15.0 Å². The summed E-state index contributed by atoms with van der Waals surface area (Å²) < 4.78 is 0. The molecule has 0 radical (unpaired) electrons. The van der Waals surface area contributed by atoms with Crippen LogP contribution in [-0.2, 0) is 11.2 Å². The van der Waals surface area contributed by atoms with Gasteiger partial charge in [-0.1, -0.05) is 12.1 Å². The smallest absolute Gasteiger partial charge is 0.232 e. The fraction of sp³-hybridized carbons (Fsp3) is 0.300. The van der Waals surface area contributed by atoms with Crippen LogP contribution in [0, 0.1) is 17.2 Å². The Labute approximate surface area is 147 Å². The topological polar surface area (TPSA) is 84.6 Å². The third kappa shape index (κ3) is 4.59. The van der Waals surface area contributed by atoms with Gasteiger partial charge in [-0.05, 0) is 62.2 Å². The van der Waals surface area contributed by atoms with Gasteiger partial charge in [0, 0.05) is 11.7 Å². The first-order valence-electron chi connectivity index (χ1n) is 8.18. The van der Waals surface area contributed by atoms with Crippen molar-refractivity contribution in [2.45, 2.75) is 26.3 Å². The Morgan fingerprint density at radius 3 is 2.20 bits per heavy atom. The number of anilines is 1. The number of hydrogen-bond donors (Lipinski definition) is 2. The first-order valence-corrected chi connectivity index (χ1v) is 8.18. The minimum atomic E-state index is -0.580. The molecule has 0 saturated heterocycles. The lowest BCUT2D eigenvalue weighted by molar-refractivity contribution is -0.123. The zero-order chi connectivity index (χ0) is 18.4. The number of amides is 1. The molecule has 25 heavy (non-hydrogen) atoms. The molecule has 5 nitrogen and oxygen atoms in total. The number of rotatable bonds is 6. The fourth-order valence-corrected chi connectivity index (χ4v) is 2.72. The fourth-order valence-electron chi connectivity index (χ4n) is 2.72. The van der Waals surface area contributed by atoms with Crippen molar-refractivity contribution >= 4 is 11.6 Å². The first kappa shape index (κ1) is 18.5. The van der Waals surface area contributed by atoms with Crippen LogP contribution in [0.3, 0.4) is 0 Å². The highest BCUT2D eigenvalue weighted by Gasteiger charge is 2.27. The molecule has 0 bridgehead atoms. The number of carbonyl (C=O) groups is 1. The molecule has 1 atom stereocenters. The quantitative estimate of drug-likeness (QED) is 0.848. The van der Waals surface area contributed by atoms with Crippen LogP contribution >= 0.6 is 0 Å².